The summed E-state index contributed by atoms with van der Waals surface area (Å²) in [4.78, 5) is 34.5. The summed E-state index contributed by atoms with van der Waals surface area (Å²) in [6, 6.07) is 5.38. The van der Waals surface area contributed by atoms with E-state index < -0.39 is 28.2 Å². The van der Waals surface area contributed by atoms with Crippen molar-refractivity contribution in [3.8, 4) is 0 Å². The molecule has 8 nitrogen and oxygen atoms in total. The third kappa shape index (κ3) is 3.03. The normalized spacial score (nSPS) is 10.1. The minimum absolute atomic E-state index is 0.0275. The van der Waals surface area contributed by atoms with Crippen molar-refractivity contribution < 1.29 is 24.0 Å². The number of anilines is 1. The van der Waals surface area contributed by atoms with E-state index in [0.29, 0.717) is 0 Å². The van der Waals surface area contributed by atoms with Crippen molar-refractivity contribution in [3.05, 3.63) is 57.5 Å². The maximum atomic E-state index is 13.4. The smallest absolute Gasteiger partial charge is 0.338 e. The molecule has 1 amide bonds. The Hall–Kier alpha value is -3.23. The van der Waals surface area contributed by atoms with E-state index in [4.69, 9.17) is 5.11 Å². The van der Waals surface area contributed by atoms with Gasteiger partial charge in [-0.15, -0.1) is 0 Å². The molecule has 0 atom stereocenters. The van der Waals surface area contributed by atoms with Gasteiger partial charge in [-0.25, -0.2) is 14.2 Å². The van der Waals surface area contributed by atoms with Crippen LogP contribution in [0, 0.1) is 15.9 Å². The Labute approximate surface area is 116 Å². The number of carbonyl (C=O) groups is 2. The van der Waals surface area contributed by atoms with Gasteiger partial charge in [0.1, 0.15) is 5.82 Å². The first kappa shape index (κ1) is 14.2. The van der Waals surface area contributed by atoms with Crippen LogP contribution in [0.4, 0.5) is 15.9 Å². The number of H-pyrrole nitrogens is 1. The number of nitro groups is 1. The number of rotatable bonds is 4. The van der Waals surface area contributed by atoms with Gasteiger partial charge in [-0.2, -0.15) is 0 Å². The largest absolute Gasteiger partial charge is 0.478 e. The quantitative estimate of drug-likeness (QED) is 0.587. The number of hydrogen-bond acceptors (Lipinski definition) is 4. The third-order valence-corrected chi connectivity index (χ3v) is 2.57. The summed E-state index contributed by atoms with van der Waals surface area (Å²) in [6.45, 7) is 0. The molecule has 0 fully saturated rings. The lowest BCUT2D eigenvalue weighted by Gasteiger charge is -2.04. The van der Waals surface area contributed by atoms with Gasteiger partial charge in [0.05, 0.1) is 5.56 Å². The number of aromatic nitrogens is 1. The average molecular weight is 293 g/mol. The van der Waals surface area contributed by atoms with Crippen LogP contribution in [0.5, 0.6) is 0 Å². The van der Waals surface area contributed by atoms with Crippen molar-refractivity contribution in [2.24, 2.45) is 0 Å². The zero-order valence-corrected chi connectivity index (χ0v) is 10.3. The predicted octanol–water partition coefficient (Wildman–Crippen LogP) is 2.01. The van der Waals surface area contributed by atoms with Gasteiger partial charge >= 0.3 is 11.8 Å². The molecular weight excluding hydrogens is 285 g/mol. The zero-order valence-electron chi connectivity index (χ0n) is 10.3. The first-order valence-corrected chi connectivity index (χ1v) is 5.56. The number of benzene rings is 1. The van der Waals surface area contributed by atoms with Crippen LogP contribution in [0.1, 0.15) is 20.8 Å². The monoisotopic (exact) mass is 293 g/mol. The predicted molar refractivity (Wildman–Crippen MR) is 68.8 cm³/mol. The molecule has 0 saturated carbocycles. The maximum Gasteiger partial charge on any atom is 0.338 e. The van der Waals surface area contributed by atoms with E-state index in [1.54, 1.807) is 0 Å². The van der Waals surface area contributed by atoms with E-state index in [9.17, 15) is 24.1 Å². The number of carboxylic acid groups (broad SMARTS) is 1. The number of carbonyl (C=O) groups excluding carboxylic acids is 1. The number of amides is 1. The van der Waals surface area contributed by atoms with Crippen LogP contribution in [0.2, 0.25) is 0 Å². The molecule has 0 aliphatic heterocycles. The van der Waals surface area contributed by atoms with Crippen LogP contribution in [-0.2, 0) is 0 Å². The molecule has 0 aliphatic rings. The van der Waals surface area contributed by atoms with E-state index in [1.807, 2.05) is 0 Å². The summed E-state index contributed by atoms with van der Waals surface area (Å²) >= 11 is 0. The number of hydrogen-bond donors (Lipinski definition) is 3. The third-order valence-electron chi connectivity index (χ3n) is 2.57. The second kappa shape index (κ2) is 5.41. The topological polar surface area (TPSA) is 125 Å². The molecular formula is C12H8FN3O5. The highest BCUT2D eigenvalue weighted by atomic mass is 19.1. The van der Waals surface area contributed by atoms with Crippen LogP contribution >= 0.6 is 0 Å². The molecule has 0 bridgehead atoms. The summed E-state index contributed by atoms with van der Waals surface area (Å²) < 4.78 is 13.4. The highest BCUT2D eigenvalue weighted by molar-refractivity contribution is 6.03. The first-order valence-electron chi connectivity index (χ1n) is 5.56. The van der Waals surface area contributed by atoms with E-state index in [0.717, 1.165) is 18.2 Å². The Morgan fingerprint density at radius 3 is 2.52 bits per heavy atom. The van der Waals surface area contributed by atoms with Gasteiger partial charge in [0.25, 0.3) is 5.91 Å². The van der Waals surface area contributed by atoms with Crippen molar-refractivity contribution >= 4 is 23.4 Å². The summed E-state index contributed by atoms with van der Waals surface area (Å²) in [5.41, 5.74) is -0.576. The van der Waals surface area contributed by atoms with Gasteiger partial charge < -0.3 is 20.5 Å². The Morgan fingerprint density at radius 2 is 2.00 bits per heavy atom. The fourth-order valence-electron chi connectivity index (χ4n) is 1.59. The Kier molecular flexibility index (Phi) is 3.65. The molecule has 0 aliphatic carbocycles. The summed E-state index contributed by atoms with van der Waals surface area (Å²) in [7, 11) is 0. The molecule has 0 spiro atoms. The lowest BCUT2D eigenvalue weighted by atomic mass is 10.2. The minimum atomic E-state index is -1.43. The van der Waals surface area contributed by atoms with Gasteiger partial charge in [0.15, 0.2) is 5.69 Å². The maximum absolute atomic E-state index is 13.4. The Morgan fingerprint density at radius 1 is 1.29 bits per heavy atom. The van der Waals surface area contributed by atoms with Gasteiger partial charge in [-0.3, -0.25) is 4.79 Å². The molecule has 21 heavy (non-hydrogen) atoms. The van der Waals surface area contributed by atoms with Gasteiger partial charge in [-0.05, 0) is 29.2 Å². The number of aromatic carboxylic acids is 1. The lowest BCUT2D eigenvalue weighted by Crippen LogP contribution is -2.13. The fourth-order valence-corrected chi connectivity index (χ4v) is 1.59. The number of halogens is 1. The summed E-state index contributed by atoms with van der Waals surface area (Å²) in [5.74, 6) is -3.50. The standard InChI is InChI=1S/C12H8FN3O5/c13-8-5-6(1-2-7(8)12(18)19)14-11(17)9-3-4-10(15-9)16(20)21/h1-5,15H,(H,14,17)(H,18,19). The molecule has 0 radical (unpaired) electrons. The Bertz CT molecular complexity index is 740. The van der Waals surface area contributed by atoms with E-state index >= 15 is 0 Å². The molecule has 3 N–H and O–H groups in total. The van der Waals surface area contributed by atoms with Crippen LogP contribution < -0.4 is 5.32 Å². The summed E-state index contributed by atoms with van der Waals surface area (Å²) in [5, 5.41) is 21.4. The Balaban J connectivity index is 2.17. The van der Waals surface area contributed by atoms with Crippen LogP contribution in [0.3, 0.4) is 0 Å². The average Bonchev–Trinajstić information content (AvgIpc) is 2.88. The molecule has 108 valence electrons. The van der Waals surface area contributed by atoms with E-state index in [1.165, 1.54) is 12.1 Å². The molecule has 0 saturated heterocycles. The van der Waals surface area contributed by atoms with Crippen molar-refractivity contribution in [1.29, 1.82) is 0 Å². The van der Waals surface area contributed by atoms with E-state index in [-0.39, 0.29) is 17.2 Å². The van der Waals surface area contributed by atoms with Crippen LogP contribution in [0.25, 0.3) is 0 Å². The molecule has 1 heterocycles. The van der Waals surface area contributed by atoms with Crippen molar-refractivity contribution in [3.63, 3.8) is 0 Å². The summed E-state index contributed by atoms with van der Waals surface area (Å²) in [6.07, 6.45) is 0. The highest BCUT2D eigenvalue weighted by Gasteiger charge is 2.17. The molecule has 2 aromatic rings. The molecule has 1 aromatic heterocycles. The van der Waals surface area contributed by atoms with Crippen LogP contribution in [0.15, 0.2) is 30.3 Å². The molecule has 9 heteroatoms. The fraction of sp³-hybridized carbons (Fsp3) is 0. The molecule has 1 aromatic carbocycles. The molecule has 2 rings (SSSR count). The van der Waals surface area contributed by atoms with Gasteiger partial charge in [0, 0.05) is 11.8 Å². The second-order valence-electron chi connectivity index (χ2n) is 3.97. The van der Waals surface area contributed by atoms with E-state index in [2.05, 4.69) is 10.3 Å². The molecule has 0 unspecified atom stereocenters. The first-order chi connectivity index (χ1) is 9.88. The zero-order chi connectivity index (χ0) is 15.6. The van der Waals surface area contributed by atoms with Crippen molar-refractivity contribution in [1.82, 2.24) is 4.98 Å². The van der Waals surface area contributed by atoms with Gasteiger partial charge in [-0.1, -0.05) is 0 Å². The second-order valence-corrected chi connectivity index (χ2v) is 3.97. The SMILES string of the molecule is O=C(Nc1ccc(C(=O)O)c(F)c1)c1ccc([N+](=O)[O-])[nH]1. The van der Waals surface area contributed by atoms with Crippen molar-refractivity contribution in [2.45, 2.75) is 0 Å². The van der Waals surface area contributed by atoms with Crippen LogP contribution in [-0.4, -0.2) is 26.9 Å². The number of carboxylic acids is 1. The number of nitrogens with one attached hydrogen (secondary N) is 2. The lowest BCUT2D eigenvalue weighted by molar-refractivity contribution is -0.389. The van der Waals surface area contributed by atoms with Crippen molar-refractivity contribution in [2.75, 3.05) is 5.32 Å². The highest BCUT2D eigenvalue weighted by Crippen LogP contribution is 2.16. The number of aromatic amines is 1. The minimum Gasteiger partial charge on any atom is -0.478 e. The number of nitrogens with zero attached hydrogens (tertiary/aromatic N) is 1. The van der Waals surface area contributed by atoms with Gasteiger partial charge in [0.2, 0.25) is 0 Å².